The number of aliphatic hydroxyl groups excluding tert-OH is 2. The smallest absolute Gasteiger partial charge is 0.248 e. The third-order valence-corrected chi connectivity index (χ3v) is 29.0. The van der Waals surface area contributed by atoms with Crippen molar-refractivity contribution in [2.75, 3.05) is 90.5 Å². The van der Waals surface area contributed by atoms with Gasteiger partial charge in [0.15, 0.2) is 0 Å². The van der Waals surface area contributed by atoms with Crippen LogP contribution < -0.4 is 22.1 Å². The molecular weight excluding hydrogens is 1750 g/mol. The fourth-order valence-corrected chi connectivity index (χ4v) is 23.2. The highest BCUT2D eigenvalue weighted by molar-refractivity contribution is 6.04. The number of nitrogens with two attached hydrogens (primary N) is 2. The average Bonchev–Trinajstić information content (AvgIpc) is 1.61. The molecule has 13 rings (SSSR count). The number of rotatable bonds is 35. The SMILES string of the molecule is C.C.C.C.CC1CC(=O)N(CC2CNCC2CN(C(=O)CO)[C@@H](C2CC(c3cc(F)ccc3F)CC2Cc2ccccc2)C(C)(C)C)C1=O.CC1CC(=O)N(CCCC(=O)N(CCCN)[C@@H](C2CC(c3cc(F)ccc3F)CC2Cc2ccccc2)C(C)(C)C)C1=O.CC1CC(=O)N(CCNc2cccc(CC3CC(c4cc(F)ccc4F)CC3[C@H](N(CCCN)C(=O)CO)C(C)(C)C)c2)C1=O. The van der Waals surface area contributed by atoms with Crippen LogP contribution >= 0.6 is 0 Å². The first-order valence-electron chi connectivity index (χ1n) is 48.1. The van der Waals surface area contributed by atoms with Crippen LogP contribution in [0.1, 0.15) is 247 Å². The number of nitrogens with zero attached hydrogens (tertiary/aromatic N) is 6. The van der Waals surface area contributed by atoms with Gasteiger partial charge in [-0.3, -0.25) is 57.9 Å². The fraction of sp³-hybridized carbons (Fsp3) is 0.591. The van der Waals surface area contributed by atoms with Gasteiger partial charge >= 0.3 is 0 Å². The molecule has 17 atom stereocenters. The van der Waals surface area contributed by atoms with Gasteiger partial charge < -0.3 is 47.0 Å². The number of hydrogen-bond acceptors (Lipinski definition) is 15. The van der Waals surface area contributed by atoms with E-state index in [0.29, 0.717) is 146 Å². The third kappa shape index (κ3) is 29.0. The zero-order chi connectivity index (χ0) is 96.7. The molecule has 3 saturated carbocycles. The van der Waals surface area contributed by atoms with Crippen molar-refractivity contribution in [3.8, 4) is 0 Å². The van der Waals surface area contributed by atoms with Gasteiger partial charge in [-0.25, -0.2) is 26.3 Å². The summed E-state index contributed by atoms with van der Waals surface area (Å²) in [5.41, 5.74) is 16.0. The molecule has 7 fully saturated rings. The number of imide groups is 3. The van der Waals surface area contributed by atoms with E-state index in [-0.39, 0.29) is 227 Å². The molecule has 0 radical (unpaired) electrons. The molecule has 0 bridgehead atoms. The monoisotopic (exact) mass is 1910 g/mol. The van der Waals surface area contributed by atoms with Crippen LogP contribution in [-0.4, -0.2) is 196 Å². The van der Waals surface area contributed by atoms with Crippen LogP contribution in [0.3, 0.4) is 0 Å². The second-order valence-corrected chi connectivity index (χ2v) is 41.9. The van der Waals surface area contributed by atoms with E-state index in [1.54, 1.807) is 25.7 Å². The van der Waals surface area contributed by atoms with E-state index in [0.717, 1.165) is 47.9 Å². The number of anilines is 1. The van der Waals surface area contributed by atoms with E-state index in [1.807, 2.05) is 70.5 Å². The quantitative estimate of drug-likeness (QED) is 0.0159. The Bertz CT molecular complexity index is 4990. The lowest BCUT2D eigenvalue weighted by atomic mass is 9.72. The van der Waals surface area contributed by atoms with Crippen molar-refractivity contribution < 1.29 is 79.7 Å². The number of hydrogen-bond donors (Lipinski definition) is 6. The largest absolute Gasteiger partial charge is 0.387 e. The number of carbonyl (C=O) groups is 9. The molecule has 14 unspecified atom stereocenters. The van der Waals surface area contributed by atoms with Gasteiger partial charge in [0.25, 0.3) is 0 Å². The molecule has 137 heavy (non-hydrogen) atoms. The predicted molar refractivity (Wildman–Crippen MR) is 529 cm³/mol. The summed E-state index contributed by atoms with van der Waals surface area (Å²) in [5.74, 6) is -5.75. The zero-order valence-electron chi connectivity index (χ0n) is 79.8. The lowest BCUT2D eigenvalue weighted by molar-refractivity contribution is -0.144. The Kier molecular flexibility index (Phi) is 42.5. The van der Waals surface area contributed by atoms with Crippen molar-refractivity contribution in [3.05, 3.63) is 208 Å². The van der Waals surface area contributed by atoms with Crippen LogP contribution in [0, 0.1) is 116 Å². The molecule has 6 aromatic rings. The molecule has 0 spiro atoms. The normalized spacial score (nSPS) is 23.8. The van der Waals surface area contributed by atoms with Gasteiger partial charge in [-0.05, 0) is 272 Å². The number of benzene rings is 6. The van der Waals surface area contributed by atoms with Crippen molar-refractivity contribution in [3.63, 3.8) is 0 Å². The van der Waals surface area contributed by atoms with Crippen LogP contribution in [0.15, 0.2) is 140 Å². The molecule has 756 valence electrons. The molecule has 6 aromatic carbocycles. The van der Waals surface area contributed by atoms with Crippen molar-refractivity contribution in [1.29, 1.82) is 0 Å². The van der Waals surface area contributed by atoms with Gasteiger partial charge in [0.1, 0.15) is 48.1 Å². The average molecular weight is 1910 g/mol. The van der Waals surface area contributed by atoms with E-state index < -0.39 is 53.5 Å². The van der Waals surface area contributed by atoms with E-state index in [4.69, 9.17) is 11.5 Å². The second-order valence-electron chi connectivity index (χ2n) is 41.9. The van der Waals surface area contributed by atoms with Crippen molar-refractivity contribution in [1.82, 2.24) is 34.7 Å². The highest BCUT2D eigenvalue weighted by Gasteiger charge is 2.53. The number of aliphatic hydroxyl groups is 2. The summed E-state index contributed by atoms with van der Waals surface area (Å²) in [7, 11) is 0. The molecular formula is C110H158F6N10O11. The lowest BCUT2D eigenvalue weighted by Gasteiger charge is -2.47. The molecule has 0 aromatic heterocycles. The first-order valence-corrected chi connectivity index (χ1v) is 48.1. The summed E-state index contributed by atoms with van der Waals surface area (Å²) in [4.78, 5) is 125. The Morgan fingerprint density at radius 1 is 0.431 bits per heavy atom. The summed E-state index contributed by atoms with van der Waals surface area (Å²) in [6.07, 6.45) is 8.44. The van der Waals surface area contributed by atoms with Gasteiger partial charge in [-0.1, -0.05) is 186 Å². The van der Waals surface area contributed by atoms with Crippen LogP contribution in [0.5, 0.6) is 0 Å². The molecule has 8 N–H and O–H groups in total. The van der Waals surface area contributed by atoms with Crippen LogP contribution in [0.25, 0.3) is 0 Å². The first-order chi connectivity index (χ1) is 63.1. The maximum atomic E-state index is 15.1. The molecule has 21 nitrogen and oxygen atoms in total. The number of halogens is 6. The molecule has 27 heteroatoms. The predicted octanol–water partition coefficient (Wildman–Crippen LogP) is 18.1. The van der Waals surface area contributed by atoms with Gasteiger partial charge in [-0.15, -0.1) is 0 Å². The number of amides is 9. The fourth-order valence-electron chi connectivity index (χ4n) is 23.2. The van der Waals surface area contributed by atoms with Gasteiger partial charge in [0, 0.05) is 126 Å². The van der Waals surface area contributed by atoms with Crippen LogP contribution in [0.4, 0.5) is 32.0 Å². The molecule has 4 aliphatic heterocycles. The van der Waals surface area contributed by atoms with E-state index >= 15 is 13.2 Å². The van der Waals surface area contributed by atoms with Gasteiger partial charge in [0.2, 0.25) is 53.2 Å². The minimum Gasteiger partial charge on any atom is -0.387 e. The maximum Gasteiger partial charge on any atom is 0.248 e. The Morgan fingerprint density at radius 3 is 1.17 bits per heavy atom. The Balaban J connectivity index is 0.000000276. The highest BCUT2D eigenvalue weighted by atomic mass is 19.1. The number of nitrogens with one attached hydrogen (secondary N) is 2. The molecule has 4 heterocycles. The molecule has 9 amide bonds. The van der Waals surface area contributed by atoms with E-state index in [2.05, 4.69) is 97.2 Å². The summed E-state index contributed by atoms with van der Waals surface area (Å²) < 4.78 is 88.2. The molecule has 4 saturated heterocycles. The van der Waals surface area contributed by atoms with E-state index in [9.17, 15) is 66.5 Å². The van der Waals surface area contributed by atoms with Crippen molar-refractivity contribution in [2.24, 2.45) is 92.8 Å². The summed E-state index contributed by atoms with van der Waals surface area (Å²) >= 11 is 0. The summed E-state index contributed by atoms with van der Waals surface area (Å²) in [5, 5.41) is 26.9. The van der Waals surface area contributed by atoms with Crippen molar-refractivity contribution >= 4 is 58.9 Å². The highest BCUT2D eigenvalue weighted by Crippen LogP contribution is 2.55. The lowest BCUT2D eigenvalue weighted by Crippen LogP contribution is -2.55. The Labute approximate surface area is 811 Å². The zero-order valence-corrected chi connectivity index (χ0v) is 79.8. The first kappa shape index (κ1) is 114. The van der Waals surface area contributed by atoms with Gasteiger partial charge in [0.05, 0.1) is 0 Å². The number of likely N-dealkylation sites (tertiary alicyclic amines) is 3. The Hall–Kier alpha value is -9.67. The van der Waals surface area contributed by atoms with E-state index in [1.165, 1.54) is 56.7 Å². The van der Waals surface area contributed by atoms with Crippen LogP contribution in [-0.2, 0) is 62.4 Å². The second kappa shape index (κ2) is 51.0. The third-order valence-electron chi connectivity index (χ3n) is 29.0. The topological polar surface area (TPSA) is 290 Å². The number of carbonyl (C=O) groups excluding carboxylic acids is 9. The van der Waals surface area contributed by atoms with Crippen molar-refractivity contribution in [2.45, 2.75) is 251 Å². The minimum atomic E-state index is -0.643. The minimum absolute atomic E-state index is 0. The Morgan fingerprint density at radius 2 is 0.788 bits per heavy atom. The summed E-state index contributed by atoms with van der Waals surface area (Å²) in [6.45, 7) is 27.6. The summed E-state index contributed by atoms with van der Waals surface area (Å²) in [6, 6.07) is 38.4. The molecule has 3 aliphatic carbocycles. The van der Waals surface area contributed by atoms with Gasteiger partial charge in [-0.2, -0.15) is 0 Å². The molecule has 7 aliphatic rings. The maximum absolute atomic E-state index is 15.1. The standard InChI is InChI=1S/C36H47F2N3O4.C35H48F2N4O4.C35H47F2N3O3.4CH4/c1-22-12-32(43)41(35(22)45)20-27-18-39-17-26(27)19-40(33(44)21-42)34(36(2,3)4)30-15-25(29-16-28(37)10-11-31(29)38)14-24(30)13-23-8-6-5-7-9-23;1-22-15-31(43)41(34(22)45)14-12-39-27-8-5-7-23(17-27)16-24-18-25(28-20-26(36)9-10-30(28)37)19-29(24)33(35(2,3)4)40(13-6-11-38)32(44)21-42;1-23-18-32(42)40(34(23)43)16-8-12-31(41)39(17-9-15-38)33(35(2,3)4)29-21-26(28-22-27(36)13-14-30(28)37)20-25(29)19-24-10-6-5-7-11-24;;;;/h5-11,16,22,24-27,30,34,39,42H,12-15,17-21H2,1-4H3;5,7-10,17,20,22,24-25,29,33,39,42H,6,11-16,18-19,21,38H2,1-4H3;5-7,10-11,13-14,22-23,25-26,29,33H,8-9,12,15-21,38H2,1-4H3;4*1H4/t22?,24?,25?,26?,27?,30?,34-;22?,24?,25?,29?,33-;23?,25?,26?,29?,33-;;;;/m000..../s1. The van der Waals surface area contributed by atoms with Crippen LogP contribution in [0.2, 0.25) is 0 Å².